The quantitative estimate of drug-likeness (QED) is 0.658. The molecule has 0 spiro atoms. The molecule has 0 radical (unpaired) electrons. The van der Waals surface area contributed by atoms with E-state index in [0.717, 1.165) is 5.56 Å². The van der Waals surface area contributed by atoms with E-state index in [0.29, 0.717) is 17.0 Å². The number of benzene rings is 1. The predicted molar refractivity (Wildman–Crippen MR) is 86.0 cm³/mol. The summed E-state index contributed by atoms with van der Waals surface area (Å²) in [6, 6.07) is 10.7. The van der Waals surface area contributed by atoms with Crippen LogP contribution in [0.25, 0.3) is 0 Å². The lowest BCUT2D eigenvalue weighted by atomic mass is 10.1. The lowest BCUT2D eigenvalue weighted by Crippen LogP contribution is -2.16. The van der Waals surface area contributed by atoms with Gasteiger partial charge in [0.1, 0.15) is 0 Å². The lowest BCUT2D eigenvalue weighted by Gasteiger charge is -2.07. The van der Waals surface area contributed by atoms with Gasteiger partial charge in [0.25, 0.3) is 5.56 Å². The van der Waals surface area contributed by atoms with Crippen LogP contribution in [0.5, 0.6) is 0 Å². The van der Waals surface area contributed by atoms with Gasteiger partial charge in [-0.3, -0.25) is 4.79 Å². The lowest BCUT2D eigenvalue weighted by molar-refractivity contribution is -0.139. The normalized spacial score (nSPS) is 10.2. The van der Waals surface area contributed by atoms with Crippen molar-refractivity contribution in [1.82, 2.24) is 4.98 Å². The first kappa shape index (κ1) is 16.0. The minimum absolute atomic E-state index is 0.173. The second-order valence-electron chi connectivity index (χ2n) is 4.82. The summed E-state index contributed by atoms with van der Waals surface area (Å²) < 4.78 is 5.17. The Kier molecular flexibility index (Phi) is 5.55. The standard InChI is InChI=1S/C17H16ClNO3/c1-12(10-14-5-3-8-19-16(14)20)17(21)22-9-7-13-4-2-6-15(18)11-13/h2-6,8,11H,1,7,9-10H2,(H,19,20). The van der Waals surface area contributed by atoms with Crippen molar-refractivity contribution >= 4 is 17.6 Å². The highest BCUT2D eigenvalue weighted by Gasteiger charge is 2.11. The van der Waals surface area contributed by atoms with Crippen molar-refractivity contribution in [3.8, 4) is 0 Å². The largest absolute Gasteiger partial charge is 0.462 e. The Hall–Kier alpha value is -2.33. The molecule has 0 saturated heterocycles. The molecule has 0 fully saturated rings. The van der Waals surface area contributed by atoms with Crippen LogP contribution >= 0.6 is 11.6 Å². The number of rotatable bonds is 6. The van der Waals surface area contributed by atoms with Crippen molar-refractivity contribution in [1.29, 1.82) is 0 Å². The Bertz CT molecular complexity index is 736. The first-order valence-electron chi connectivity index (χ1n) is 6.82. The van der Waals surface area contributed by atoms with Gasteiger partial charge in [0.05, 0.1) is 6.61 Å². The van der Waals surface area contributed by atoms with Gasteiger partial charge in [-0.1, -0.05) is 36.4 Å². The maximum absolute atomic E-state index is 11.9. The summed E-state index contributed by atoms with van der Waals surface area (Å²) in [7, 11) is 0. The number of hydrogen-bond donors (Lipinski definition) is 1. The molecule has 0 atom stereocenters. The van der Waals surface area contributed by atoms with Crippen LogP contribution in [0.15, 0.2) is 59.5 Å². The van der Waals surface area contributed by atoms with Crippen LogP contribution in [0.1, 0.15) is 11.1 Å². The fourth-order valence-electron chi connectivity index (χ4n) is 1.95. The van der Waals surface area contributed by atoms with Gasteiger partial charge in [0.15, 0.2) is 0 Å². The molecule has 22 heavy (non-hydrogen) atoms. The number of carbonyl (C=O) groups excluding carboxylic acids is 1. The average Bonchev–Trinajstić information content (AvgIpc) is 2.49. The molecule has 1 aromatic heterocycles. The second kappa shape index (κ2) is 7.61. The number of esters is 1. The van der Waals surface area contributed by atoms with Crippen molar-refractivity contribution in [2.24, 2.45) is 0 Å². The maximum Gasteiger partial charge on any atom is 0.333 e. The van der Waals surface area contributed by atoms with Gasteiger partial charge in [-0.2, -0.15) is 0 Å². The third kappa shape index (κ3) is 4.60. The highest BCUT2D eigenvalue weighted by molar-refractivity contribution is 6.30. The number of pyridine rings is 1. The zero-order chi connectivity index (χ0) is 15.9. The van der Waals surface area contributed by atoms with Crippen molar-refractivity contribution in [3.05, 3.63) is 81.3 Å². The average molecular weight is 318 g/mol. The third-order valence-corrected chi connectivity index (χ3v) is 3.34. The molecule has 0 bridgehead atoms. The van der Waals surface area contributed by atoms with Gasteiger partial charge in [0.2, 0.25) is 0 Å². The number of hydrogen-bond acceptors (Lipinski definition) is 3. The maximum atomic E-state index is 11.9. The SMILES string of the molecule is C=C(Cc1ccc[nH]c1=O)C(=O)OCCc1cccc(Cl)c1. The topological polar surface area (TPSA) is 59.2 Å². The minimum atomic E-state index is -0.495. The summed E-state index contributed by atoms with van der Waals surface area (Å²) in [5.41, 5.74) is 1.50. The molecule has 114 valence electrons. The van der Waals surface area contributed by atoms with E-state index in [1.165, 1.54) is 6.20 Å². The molecule has 2 aromatic rings. The number of nitrogens with one attached hydrogen (secondary N) is 1. The van der Waals surface area contributed by atoms with Crippen LogP contribution < -0.4 is 5.56 Å². The van der Waals surface area contributed by atoms with Crippen LogP contribution in [0.4, 0.5) is 0 Å². The van der Waals surface area contributed by atoms with E-state index in [9.17, 15) is 9.59 Å². The fraction of sp³-hybridized carbons (Fsp3) is 0.176. The van der Waals surface area contributed by atoms with Crippen LogP contribution in [-0.2, 0) is 22.4 Å². The van der Waals surface area contributed by atoms with E-state index in [1.807, 2.05) is 18.2 Å². The highest BCUT2D eigenvalue weighted by Crippen LogP contribution is 2.11. The minimum Gasteiger partial charge on any atom is -0.462 e. The molecule has 5 heteroatoms. The summed E-state index contributed by atoms with van der Waals surface area (Å²) in [6.07, 6.45) is 2.29. The highest BCUT2D eigenvalue weighted by atomic mass is 35.5. The smallest absolute Gasteiger partial charge is 0.333 e. The van der Waals surface area contributed by atoms with Gasteiger partial charge in [0, 0.05) is 35.2 Å². The summed E-state index contributed by atoms with van der Waals surface area (Å²) in [6.45, 7) is 3.92. The summed E-state index contributed by atoms with van der Waals surface area (Å²) in [5, 5.41) is 0.650. The van der Waals surface area contributed by atoms with E-state index < -0.39 is 5.97 Å². The summed E-state index contributed by atoms with van der Waals surface area (Å²) in [4.78, 5) is 26.0. The van der Waals surface area contributed by atoms with Crippen molar-refractivity contribution in [2.45, 2.75) is 12.8 Å². The van der Waals surface area contributed by atoms with Gasteiger partial charge >= 0.3 is 5.97 Å². The molecule has 0 saturated carbocycles. The first-order chi connectivity index (χ1) is 10.6. The van der Waals surface area contributed by atoms with Crippen molar-refractivity contribution < 1.29 is 9.53 Å². The summed E-state index contributed by atoms with van der Waals surface area (Å²) in [5.74, 6) is -0.495. The van der Waals surface area contributed by atoms with Crippen molar-refractivity contribution in [2.75, 3.05) is 6.61 Å². The number of ether oxygens (including phenoxy) is 1. The molecule has 0 aliphatic heterocycles. The monoisotopic (exact) mass is 317 g/mol. The Morgan fingerprint density at radius 2 is 2.09 bits per heavy atom. The fourth-order valence-corrected chi connectivity index (χ4v) is 2.17. The molecule has 1 aromatic carbocycles. The molecule has 1 N–H and O–H groups in total. The number of halogens is 1. The van der Waals surface area contributed by atoms with Crippen LogP contribution in [0.2, 0.25) is 5.02 Å². The van der Waals surface area contributed by atoms with Crippen molar-refractivity contribution in [3.63, 3.8) is 0 Å². The van der Waals surface area contributed by atoms with Crippen LogP contribution in [0.3, 0.4) is 0 Å². The molecule has 0 amide bonds. The van der Waals surface area contributed by atoms with Crippen LogP contribution in [-0.4, -0.2) is 17.6 Å². The predicted octanol–water partition coefficient (Wildman–Crippen LogP) is 2.91. The van der Waals surface area contributed by atoms with Gasteiger partial charge in [-0.15, -0.1) is 0 Å². The van der Waals surface area contributed by atoms with Gasteiger partial charge < -0.3 is 9.72 Å². The van der Waals surface area contributed by atoms with E-state index in [1.54, 1.807) is 18.2 Å². The molecule has 0 unspecified atom stereocenters. The Labute approximate surface area is 133 Å². The van der Waals surface area contributed by atoms with E-state index in [2.05, 4.69) is 11.6 Å². The number of carbonyl (C=O) groups is 1. The Morgan fingerprint density at radius 3 is 2.82 bits per heavy atom. The first-order valence-corrected chi connectivity index (χ1v) is 7.20. The van der Waals surface area contributed by atoms with E-state index >= 15 is 0 Å². The number of aromatic amines is 1. The summed E-state index contributed by atoms with van der Waals surface area (Å²) >= 11 is 5.89. The second-order valence-corrected chi connectivity index (χ2v) is 5.26. The molecular formula is C17H16ClNO3. The van der Waals surface area contributed by atoms with Gasteiger partial charge in [-0.25, -0.2) is 4.79 Å². The molecule has 0 aliphatic rings. The molecular weight excluding hydrogens is 302 g/mol. The number of H-pyrrole nitrogens is 1. The van der Waals surface area contributed by atoms with E-state index in [-0.39, 0.29) is 24.2 Å². The van der Waals surface area contributed by atoms with E-state index in [4.69, 9.17) is 16.3 Å². The zero-order valence-corrected chi connectivity index (χ0v) is 12.7. The molecule has 1 heterocycles. The van der Waals surface area contributed by atoms with Crippen LogP contribution in [0, 0.1) is 0 Å². The van der Waals surface area contributed by atoms with Gasteiger partial charge in [-0.05, 0) is 23.8 Å². The Balaban J connectivity index is 1.83. The molecule has 4 nitrogen and oxygen atoms in total. The number of aromatic nitrogens is 1. The Morgan fingerprint density at radius 1 is 1.27 bits per heavy atom. The third-order valence-electron chi connectivity index (χ3n) is 3.11. The molecule has 2 rings (SSSR count). The molecule has 0 aliphatic carbocycles. The zero-order valence-electron chi connectivity index (χ0n) is 12.0.